The molecule has 0 amide bonds. The summed E-state index contributed by atoms with van der Waals surface area (Å²) in [4.78, 5) is 5.31. The lowest BCUT2D eigenvalue weighted by Gasteiger charge is -2.03. The van der Waals surface area contributed by atoms with Gasteiger partial charge in [-0.1, -0.05) is 11.6 Å². The highest BCUT2D eigenvalue weighted by molar-refractivity contribution is 7.10. The van der Waals surface area contributed by atoms with E-state index < -0.39 is 0 Å². The Kier molecular flexibility index (Phi) is 5.04. The Bertz CT molecular complexity index is 425. The van der Waals surface area contributed by atoms with Crippen LogP contribution in [-0.4, -0.2) is 16.1 Å². The number of nitrogens with zero attached hydrogens (tertiary/aromatic N) is 2. The van der Waals surface area contributed by atoms with E-state index in [2.05, 4.69) is 14.9 Å². The van der Waals surface area contributed by atoms with E-state index >= 15 is 0 Å². The molecule has 2 aromatic rings. The molecule has 0 spiro atoms. The molecule has 2 heterocycles. The van der Waals surface area contributed by atoms with Crippen LogP contribution in [0.2, 0.25) is 5.02 Å². The van der Waals surface area contributed by atoms with Gasteiger partial charge in [0.25, 0.3) is 0 Å². The highest BCUT2D eigenvalue weighted by Crippen LogP contribution is 2.18. The molecular weight excluding hydrogens is 254 g/mol. The molecule has 0 unspecified atom stereocenters. The van der Waals surface area contributed by atoms with Gasteiger partial charge < -0.3 is 9.88 Å². The van der Waals surface area contributed by atoms with E-state index in [0.717, 1.165) is 24.7 Å². The van der Waals surface area contributed by atoms with Crippen LogP contribution in [0.1, 0.15) is 17.7 Å². The fourth-order valence-corrected chi connectivity index (χ4v) is 2.66. The summed E-state index contributed by atoms with van der Waals surface area (Å²) in [5.74, 6) is 0. The summed E-state index contributed by atoms with van der Waals surface area (Å²) < 4.78 is 2.11. The first kappa shape index (κ1) is 12.6. The summed E-state index contributed by atoms with van der Waals surface area (Å²) in [5.41, 5.74) is 0. The van der Waals surface area contributed by atoms with Crippen LogP contribution in [-0.2, 0) is 13.1 Å². The molecule has 0 atom stereocenters. The first-order valence-electron chi connectivity index (χ1n) is 5.74. The van der Waals surface area contributed by atoms with Gasteiger partial charge in [-0.15, -0.1) is 11.3 Å². The Hall–Kier alpha value is -0.840. The molecular formula is C12H16ClN3S. The minimum absolute atomic E-state index is 0.840. The Morgan fingerprint density at radius 2 is 2.35 bits per heavy atom. The highest BCUT2D eigenvalue weighted by atomic mass is 35.5. The summed E-state index contributed by atoms with van der Waals surface area (Å²) in [6.45, 7) is 3.01. The zero-order valence-electron chi connectivity index (χ0n) is 9.60. The molecule has 0 saturated heterocycles. The maximum atomic E-state index is 5.85. The first-order valence-corrected chi connectivity index (χ1v) is 7.00. The summed E-state index contributed by atoms with van der Waals surface area (Å²) in [6, 6.07) is 2.02. The topological polar surface area (TPSA) is 29.9 Å². The molecule has 0 aromatic carbocycles. The lowest BCUT2D eigenvalue weighted by atomic mass is 10.3. The first-order chi connectivity index (χ1) is 8.34. The number of aromatic nitrogens is 2. The van der Waals surface area contributed by atoms with Crippen molar-refractivity contribution in [3.8, 4) is 0 Å². The number of halogens is 1. The molecule has 1 N–H and O–H groups in total. The number of aryl methyl sites for hydroxylation is 1. The fourth-order valence-electron chi connectivity index (χ4n) is 1.62. The van der Waals surface area contributed by atoms with E-state index in [1.165, 1.54) is 17.7 Å². The fraction of sp³-hybridized carbons (Fsp3) is 0.417. The maximum Gasteiger partial charge on any atom is 0.0945 e. The average Bonchev–Trinajstić information content (AvgIpc) is 2.95. The van der Waals surface area contributed by atoms with Crippen molar-refractivity contribution in [1.29, 1.82) is 0 Å². The van der Waals surface area contributed by atoms with Gasteiger partial charge in [-0.05, 0) is 25.5 Å². The zero-order valence-corrected chi connectivity index (χ0v) is 11.2. The normalized spacial score (nSPS) is 10.9. The van der Waals surface area contributed by atoms with Crippen molar-refractivity contribution in [2.45, 2.75) is 25.9 Å². The van der Waals surface area contributed by atoms with Crippen molar-refractivity contribution in [1.82, 2.24) is 14.9 Å². The predicted octanol–water partition coefficient (Wildman–Crippen LogP) is 3.17. The molecule has 5 heteroatoms. The molecule has 0 fully saturated rings. The van der Waals surface area contributed by atoms with Crippen LogP contribution in [0.3, 0.4) is 0 Å². The SMILES string of the molecule is Clc1csc(CNCCCCn2ccnc2)c1. The largest absolute Gasteiger partial charge is 0.337 e. The van der Waals surface area contributed by atoms with E-state index in [0.29, 0.717) is 0 Å². The highest BCUT2D eigenvalue weighted by Gasteiger charge is 1.97. The summed E-state index contributed by atoms with van der Waals surface area (Å²) in [7, 11) is 0. The number of nitrogens with one attached hydrogen (secondary N) is 1. The second-order valence-electron chi connectivity index (χ2n) is 3.92. The van der Waals surface area contributed by atoms with Crippen LogP contribution in [0, 0.1) is 0 Å². The standard InChI is InChI=1S/C12H16ClN3S/c13-11-7-12(17-9-11)8-14-3-1-2-5-16-6-4-15-10-16/h4,6-7,9-10,14H,1-3,5,8H2. The molecule has 92 valence electrons. The molecule has 2 rings (SSSR count). The molecule has 0 radical (unpaired) electrons. The molecule has 2 aromatic heterocycles. The van der Waals surface area contributed by atoms with Gasteiger partial charge in [0.1, 0.15) is 0 Å². The third-order valence-corrected chi connectivity index (χ3v) is 3.78. The van der Waals surface area contributed by atoms with Crippen LogP contribution >= 0.6 is 22.9 Å². The van der Waals surface area contributed by atoms with Gasteiger partial charge in [0.15, 0.2) is 0 Å². The van der Waals surface area contributed by atoms with Crippen molar-refractivity contribution < 1.29 is 0 Å². The van der Waals surface area contributed by atoms with Gasteiger partial charge >= 0.3 is 0 Å². The molecule has 0 aliphatic heterocycles. The van der Waals surface area contributed by atoms with Gasteiger partial charge in [0, 0.05) is 35.7 Å². The van der Waals surface area contributed by atoms with E-state index in [1.54, 1.807) is 11.3 Å². The Morgan fingerprint density at radius 1 is 1.41 bits per heavy atom. The van der Waals surface area contributed by atoms with E-state index in [9.17, 15) is 0 Å². The second kappa shape index (κ2) is 6.79. The Labute approximate surface area is 110 Å². The van der Waals surface area contributed by atoms with Crippen molar-refractivity contribution in [2.24, 2.45) is 0 Å². The van der Waals surface area contributed by atoms with E-state index in [4.69, 9.17) is 11.6 Å². The number of hydrogen-bond acceptors (Lipinski definition) is 3. The number of imidazole rings is 1. The van der Waals surface area contributed by atoms with Crippen LogP contribution in [0.5, 0.6) is 0 Å². The van der Waals surface area contributed by atoms with E-state index in [1.807, 2.05) is 30.2 Å². The van der Waals surface area contributed by atoms with Gasteiger partial charge in [-0.3, -0.25) is 0 Å². The Morgan fingerprint density at radius 3 is 3.06 bits per heavy atom. The molecule has 0 aliphatic rings. The number of hydrogen-bond donors (Lipinski definition) is 1. The monoisotopic (exact) mass is 269 g/mol. The summed E-state index contributed by atoms with van der Waals surface area (Å²) in [6.07, 6.45) is 8.03. The quantitative estimate of drug-likeness (QED) is 0.783. The number of unbranched alkanes of at least 4 members (excludes halogenated alkanes) is 1. The van der Waals surface area contributed by atoms with Crippen LogP contribution < -0.4 is 5.32 Å². The van der Waals surface area contributed by atoms with Crippen LogP contribution in [0.4, 0.5) is 0 Å². The minimum atomic E-state index is 0.840. The predicted molar refractivity (Wildman–Crippen MR) is 72.5 cm³/mol. The third kappa shape index (κ3) is 4.50. The van der Waals surface area contributed by atoms with Crippen LogP contribution in [0.15, 0.2) is 30.2 Å². The zero-order chi connectivity index (χ0) is 11.9. The molecule has 0 saturated carbocycles. The van der Waals surface area contributed by atoms with Crippen molar-refractivity contribution >= 4 is 22.9 Å². The van der Waals surface area contributed by atoms with Crippen molar-refractivity contribution in [2.75, 3.05) is 6.54 Å². The second-order valence-corrected chi connectivity index (χ2v) is 5.35. The van der Waals surface area contributed by atoms with Gasteiger partial charge in [-0.2, -0.15) is 0 Å². The molecule has 3 nitrogen and oxygen atoms in total. The van der Waals surface area contributed by atoms with Gasteiger partial charge in [0.05, 0.1) is 11.3 Å². The van der Waals surface area contributed by atoms with E-state index in [-0.39, 0.29) is 0 Å². The Balaban J connectivity index is 1.52. The van der Waals surface area contributed by atoms with Crippen LogP contribution in [0.25, 0.3) is 0 Å². The van der Waals surface area contributed by atoms with Gasteiger partial charge in [-0.25, -0.2) is 4.98 Å². The molecule has 0 bridgehead atoms. The smallest absolute Gasteiger partial charge is 0.0945 e. The lowest BCUT2D eigenvalue weighted by molar-refractivity contribution is 0.570. The van der Waals surface area contributed by atoms with Crippen molar-refractivity contribution in [3.63, 3.8) is 0 Å². The average molecular weight is 270 g/mol. The summed E-state index contributed by atoms with van der Waals surface area (Å²) >= 11 is 7.56. The summed E-state index contributed by atoms with van der Waals surface area (Å²) in [5, 5.41) is 6.23. The molecule has 0 aliphatic carbocycles. The maximum absolute atomic E-state index is 5.85. The van der Waals surface area contributed by atoms with Gasteiger partial charge in [0.2, 0.25) is 0 Å². The third-order valence-electron chi connectivity index (χ3n) is 2.50. The minimum Gasteiger partial charge on any atom is -0.337 e. The lowest BCUT2D eigenvalue weighted by Crippen LogP contribution is -2.14. The molecule has 17 heavy (non-hydrogen) atoms. The number of rotatable bonds is 7. The van der Waals surface area contributed by atoms with Crippen molar-refractivity contribution in [3.05, 3.63) is 40.1 Å². The number of thiophene rings is 1.